The number of ether oxygens (including phenoxy) is 2. The molecule has 0 rings (SSSR count). The Morgan fingerprint density at radius 1 is 1.08 bits per heavy atom. The standard InChI is InChI=1S/C19H37NO4.C2H6.H2/c1-8-10-19(7,17(22)20-11-12-24-15(3)4)14-23-13-18(6,9-2)16(5)21;1-2;/h15H,8-14H2,1-7H3,(H,20,22);1-2H3;1H. The molecule has 0 aliphatic carbocycles. The second-order valence-electron chi connectivity index (χ2n) is 7.45. The molecule has 5 heteroatoms. The molecule has 0 fully saturated rings. The van der Waals surface area contributed by atoms with Crippen LogP contribution < -0.4 is 5.32 Å². The number of nitrogens with one attached hydrogen (secondary N) is 1. The van der Waals surface area contributed by atoms with Gasteiger partial charge in [0.2, 0.25) is 5.91 Å². The lowest BCUT2D eigenvalue weighted by molar-refractivity contribution is -0.137. The van der Waals surface area contributed by atoms with E-state index in [0.717, 1.165) is 19.3 Å². The van der Waals surface area contributed by atoms with Gasteiger partial charge in [0, 0.05) is 13.4 Å². The molecule has 0 aliphatic heterocycles. The molecule has 0 spiro atoms. The minimum Gasteiger partial charge on any atom is -0.379 e. The van der Waals surface area contributed by atoms with Gasteiger partial charge in [0.15, 0.2) is 0 Å². The largest absolute Gasteiger partial charge is 0.379 e. The SMILES string of the molecule is CC.CCCC(C)(COCC(C)(CC)C(C)=O)C(=O)NCCOC(C)C.[HH]. The summed E-state index contributed by atoms with van der Waals surface area (Å²) in [6.45, 7) is 19.1. The summed E-state index contributed by atoms with van der Waals surface area (Å²) in [5.74, 6) is 0.107. The zero-order valence-electron chi connectivity index (χ0n) is 18.7. The molecule has 26 heavy (non-hydrogen) atoms. The van der Waals surface area contributed by atoms with Crippen molar-refractivity contribution >= 4 is 11.7 Å². The molecule has 2 atom stereocenters. The molecule has 0 aromatic heterocycles. The molecule has 0 saturated carbocycles. The number of amides is 1. The van der Waals surface area contributed by atoms with Gasteiger partial charge in [-0.05, 0) is 40.5 Å². The minimum absolute atomic E-state index is 0. The zero-order valence-corrected chi connectivity index (χ0v) is 18.7. The highest BCUT2D eigenvalue weighted by Gasteiger charge is 2.34. The number of carbonyl (C=O) groups is 2. The molecule has 0 heterocycles. The normalized spacial score (nSPS) is 15.5. The monoisotopic (exact) mass is 375 g/mol. The van der Waals surface area contributed by atoms with Gasteiger partial charge in [-0.2, -0.15) is 0 Å². The van der Waals surface area contributed by atoms with Gasteiger partial charge < -0.3 is 14.8 Å². The van der Waals surface area contributed by atoms with Crippen LogP contribution in [0, 0.1) is 10.8 Å². The van der Waals surface area contributed by atoms with Gasteiger partial charge in [-0.25, -0.2) is 0 Å². The van der Waals surface area contributed by atoms with Crippen LogP contribution in [0.3, 0.4) is 0 Å². The number of ketones is 1. The maximum absolute atomic E-state index is 12.5. The molecule has 0 radical (unpaired) electrons. The molecule has 1 amide bonds. The molecule has 0 saturated heterocycles. The van der Waals surface area contributed by atoms with Crippen LogP contribution in [0.15, 0.2) is 0 Å². The van der Waals surface area contributed by atoms with Crippen molar-refractivity contribution < 1.29 is 20.5 Å². The van der Waals surface area contributed by atoms with Crippen LogP contribution in [0.4, 0.5) is 0 Å². The van der Waals surface area contributed by atoms with Crippen LogP contribution in [0.5, 0.6) is 0 Å². The molecule has 0 bridgehead atoms. The van der Waals surface area contributed by atoms with Crippen LogP contribution in [0.1, 0.15) is 83.0 Å². The molecule has 2 unspecified atom stereocenters. The maximum atomic E-state index is 12.5. The van der Waals surface area contributed by atoms with E-state index in [1.54, 1.807) is 6.92 Å². The van der Waals surface area contributed by atoms with E-state index in [1.807, 2.05) is 48.5 Å². The van der Waals surface area contributed by atoms with E-state index >= 15 is 0 Å². The molecular weight excluding hydrogens is 330 g/mol. The molecular formula is C21H45NO4. The Morgan fingerprint density at radius 2 is 1.62 bits per heavy atom. The molecule has 1 N–H and O–H groups in total. The Hall–Kier alpha value is -0.940. The number of hydrogen-bond donors (Lipinski definition) is 1. The molecule has 158 valence electrons. The van der Waals surface area contributed by atoms with Crippen molar-refractivity contribution in [2.24, 2.45) is 10.8 Å². The van der Waals surface area contributed by atoms with E-state index in [1.165, 1.54) is 0 Å². The van der Waals surface area contributed by atoms with Gasteiger partial charge in [-0.15, -0.1) is 0 Å². The number of hydrogen-bond acceptors (Lipinski definition) is 4. The van der Waals surface area contributed by atoms with Gasteiger partial charge in [0.1, 0.15) is 5.78 Å². The molecule has 0 aromatic carbocycles. The predicted octanol–water partition coefficient (Wildman–Crippen LogP) is 4.63. The summed E-state index contributed by atoms with van der Waals surface area (Å²) in [6, 6.07) is 0. The Morgan fingerprint density at radius 3 is 2.04 bits per heavy atom. The summed E-state index contributed by atoms with van der Waals surface area (Å²) >= 11 is 0. The summed E-state index contributed by atoms with van der Waals surface area (Å²) in [6.07, 6.45) is 2.52. The van der Waals surface area contributed by atoms with Crippen LogP contribution in [0.2, 0.25) is 0 Å². The second kappa shape index (κ2) is 14.2. The van der Waals surface area contributed by atoms with Crippen molar-refractivity contribution in [3.63, 3.8) is 0 Å². The highest BCUT2D eigenvalue weighted by molar-refractivity contribution is 5.82. The Kier molecular flexibility index (Phi) is 14.9. The second-order valence-corrected chi connectivity index (χ2v) is 7.45. The van der Waals surface area contributed by atoms with E-state index in [9.17, 15) is 9.59 Å². The first-order chi connectivity index (χ1) is 12.1. The van der Waals surface area contributed by atoms with E-state index in [2.05, 4.69) is 12.2 Å². The van der Waals surface area contributed by atoms with Gasteiger partial charge in [-0.3, -0.25) is 9.59 Å². The summed E-state index contributed by atoms with van der Waals surface area (Å²) < 4.78 is 11.3. The minimum atomic E-state index is -0.585. The number of carbonyl (C=O) groups excluding carboxylic acids is 2. The lowest BCUT2D eigenvalue weighted by Gasteiger charge is -2.31. The smallest absolute Gasteiger partial charge is 0.228 e. The first kappa shape index (κ1) is 27.3. The summed E-state index contributed by atoms with van der Waals surface area (Å²) in [7, 11) is 0. The van der Waals surface area contributed by atoms with Crippen molar-refractivity contribution in [3.05, 3.63) is 0 Å². The van der Waals surface area contributed by atoms with Gasteiger partial charge in [0.25, 0.3) is 0 Å². The zero-order chi connectivity index (χ0) is 20.8. The van der Waals surface area contributed by atoms with E-state index in [-0.39, 0.29) is 19.2 Å². The first-order valence-corrected chi connectivity index (χ1v) is 10.1. The average molecular weight is 376 g/mol. The molecule has 5 nitrogen and oxygen atoms in total. The Balaban J connectivity index is -0.00000185. The third kappa shape index (κ3) is 10.3. The Labute approximate surface area is 163 Å². The van der Waals surface area contributed by atoms with Crippen molar-refractivity contribution in [1.82, 2.24) is 5.32 Å². The van der Waals surface area contributed by atoms with Crippen LogP contribution in [-0.4, -0.2) is 44.2 Å². The molecule has 0 aromatic rings. The number of rotatable bonds is 13. The maximum Gasteiger partial charge on any atom is 0.228 e. The summed E-state index contributed by atoms with van der Waals surface area (Å²) in [4.78, 5) is 24.3. The lowest BCUT2D eigenvalue weighted by Crippen LogP contribution is -2.44. The van der Waals surface area contributed by atoms with E-state index < -0.39 is 10.8 Å². The third-order valence-corrected chi connectivity index (χ3v) is 4.66. The first-order valence-electron chi connectivity index (χ1n) is 10.1. The highest BCUT2D eigenvalue weighted by atomic mass is 16.5. The quantitative estimate of drug-likeness (QED) is 0.477. The summed E-state index contributed by atoms with van der Waals surface area (Å²) in [5, 5.41) is 2.94. The summed E-state index contributed by atoms with van der Waals surface area (Å²) in [5.41, 5.74) is -1.06. The van der Waals surface area contributed by atoms with Crippen LogP contribution in [0.25, 0.3) is 0 Å². The van der Waals surface area contributed by atoms with Crippen molar-refractivity contribution in [2.75, 3.05) is 26.4 Å². The van der Waals surface area contributed by atoms with Gasteiger partial charge in [-0.1, -0.05) is 41.0 Å². The third-order valence-electron chi connectivity index (χ3n) is 4.66. The van der Waals surface area contributed by atoms with Crippen molar-refractivity contribution in [2.45, 2.75) is 87.7 Å². The van der Waals surface area contributed by atoms with Crippen LogP contribution >= 0.6 is 0 Å². The predicted molar refractivity (Wildman–Crippen MR) is 110 cm³/mol. The molecule has 0 aliphatic rings. The fraction of sp³-hybridized carbons (Fsp3) is 0.905. The lowest BCUT2D eigenvalue weighted by atomic mass is 9.83. The van der Waals surface area contributed by atoms with Gasteiger partial charge >= 0.3 is 0 Å². The van der Waals surface area contributed by atoms with Crippen molar-refractivity contribution in [1.29, 1.82) is 0 Å². The average Bonchev–Trinajstić information content (AvgIpc) is 2.59. The fourth-order valence-corrected chi connectivity index (χ4v) is 2.43. The highest BCUT2D eigenvalue weighted by Crippen LogP contribution is 2.27. The topological polar surface area (TPSA) is 64.6 Å². The van der Waals surface area contributed by atoms with Crippen LogP contribution in [-0.2, 0) is 19.1 Å². The van der Waals surface area contributed by atoms with E-state index in [0.29, 0.717) is 26.4 Å². The number of Topliss-reactive ketones (excluding diaryl/α,β-unsaturated/α-hetero) is 1. The Bertz CT molecular complexity index is 404. The van der Waals surface area contributed by atoms with Crippen molar-refractivity contribution in [3.8, 4) is 0 Å². The van der Waals surface area contributed by atoms with Gasteiger partial charge in [0.05, 0.1) is 31.3 Å². The van der Waals surface area contributed by atoms with E-state index in [4.69, 9.17) is 9.47 Å². The fourth-order valence-electron chi connectivity index (χ4n) is 2.43.